The number of aromatic nitrogens is 4. The van der Waals surface area contributed by atoms with Crippen molar-refractivity contribution in [1.29, 1.82) is 5.26 Å². The van der Waals surface area contributed by atoms with Crippen molar-refractivity contribution in [3.63, 3.8) is 0 Å². The van der Waals surface area contributed by atoms with Crippen LogP contribution in [0.4, 0.5) is 23.0 Å². The lowest BCUT2D eigenvalue weighted by Crippen LogP contribution is -2.50. The summed E-state index contributed by atoms with van der Waals surface area (Å²) in [6.45, 7) is 11.3. The zero-order chi connectivity index (χ0) is 35.2. The molecule has 6 heterocycles. The summed E-state index contributed by atoms with van der Waals surface area (Å²) < 4.78 is 3.48. The Morgan fingerprint density at radius 1 is 1.02 bits per heavy atom. The zero-order valence-electron chi connectivity index (χ0n) is 29.1. The molecule has 1 N–H and O–H groups in total. The number of amides is 1. The second-order valence-corrected chi connectivity index (χ2v) is 13.9. The van der Waals surface area contributed by atoms with E-state index in [9.17, 15) is 19.6 Å². The molecule has 1 aliphatic carbocycles. The summed E-state index contributed by atoms with van der Waals surface area (Å²) in [4.78, 5) is 55.4. The molecule has 2 aliphatic heterocycles. The summed E-state index contributed by atoms with van der Waals surface area (Å²) in [5.41, 5.74) is 4.71. The SMILES string of the molecule is CCC(CC)N1CCN(c2ccc(Nc3cc(-c4ccnc(N5CCn6c(cc7c6CC(C)(C#N)C7)C5=O)c4C=O)cn(C)c3=O)nc2)CC1. The summed E-state index contributed by atoms with van der Waals surface area (Å²) >= 11 is 0. The number of carbonyl (C=O) groups is 2. The minimum atomic E-state index is -0.459. The van der Waals surface area contributed by atoms with Gasteiger partial charge in [0.2, 0.25) is 0 Å². The lowest BCUT2D eigenvalue weighted by atomic mass is 9.89. The van der Waals surface area contributed by atoms with E-state index in [0.717, 1.165) is 62.3 Å². The first-order valence-electron chi connectivity index (χ1n) is 17.5. The number of piperazine rings is 1. The van der Waals surface area contributed by atoms with E-state index in [2.05, 4.69) is 45.0 Å². The van der Waals surface area contributed by atoms with Crippen LogP contribution in [0.5, 0.6) is 0 Å². The Labute approximate surface area is 292 Å². The second kappa shape index (κ2) is 13.2. The summed E-state index contributed by atoms with van der Waals surface area (Å²) in [7, 11) is 1.66. The van der Waals surface area contributed by atoms with Crippen molar-refractivity contribution in [3.8, 4) is 17.2 Å². The van der Waals surface area contributed by atoms with Crippen LogP contribution in [0.2, 0.25) is 0 Å². The van der Waals surface area contributed by atoms with Gasteiger partial charge in [-0.1, -0.05) is 13.8 Å². The molecule has 3 aliphatic rings. The topological polar surface area (TPSA) is 132 Å². The molecule has 0 saturated carbocycles. The fourth-order valence-corrected chi connectivity index (χ4v) is 7.94. The van der Waals surface area contributed by atoms with Crippen LogP contribution in [0.1, 0.15) is 65.7 Å². The number of nitrogens with zero attached hydrogens (tertiary/aromatic N) is 8. The Morgan fingerprint density at radius 3 is 2.48 bits per heavy atom. The number of fused-ring (bicyclic) bond motifs is 3. The largest absolute Gasteiger partial charge is 0.368 e. The monoisotopic (exact) mass is 673 g/mol. The predicted octanol–water partition coefficient (Wildman–Crippen LogP) is 4.80. The molecular weight excluding hydrogens is 630 g/mol. The van der Waals surface area contributed by atoms with Gasteiger partial charge in [-0.3, -0.25) is 24.2 Å². The first-order chi connectivity index (χ1) is 24.2. The molecule has 12 nitrogen and oxygen atoms in total. The number of carbonyl (C=O) groups excluding carboxylic acids is 2. The molecule has 7 rings (SSSR count). The van der Waals surface area contributed by atoms with Crippen LogP contribution in [-0.4, -0.2) is 75.0 Å². The highest BCUT2D eigenvalue weighted by Crippen LogP contribution is 2.40. The molecule has 4 aromatic heterocycles. The van der Waals surface area contributed by atoms with Crippen molar-refractivity contribution < 1.29 is 9.59 Å². The van der Waals surface area contributed by atoms with Crippen LogP contribution >= 0.6 is 0 Å². The Kier molecular flexibility index (Phi) is 8.78. The molecule has 1 unspecified atom stereocenters. The number of nitriles is 1. The van der Waals surface area contributed by atoms with Crippen molar-refractivity contribution in [1.82, 2.24) is 24.0 Å². The highest BCUT2D eigenvalue weighted by molar-refractivity contribution is 6.08. The highest BCUT2D eigenvalue weighted by atomic mass is 16.2. The van der Waals surface area contributed by atoms with Gasteiger partial charge in [0, 0.05) is 82.4 Å². The van der Waals surface area contributed by atoms with Gasteiger partial charge in [0.1, 0.15) is 23.0 Å². The first-order valence-corrected chi connectivity index (χ1v) is 17.5. The number of anilines is 4. The molecule has 50 heavy (non-hydrogen) atoms. The van der Waals surface area contributed by atoms with Gasteiger partial charge in [-0.05, 0) is 67.6 Å². The zero-order valence-corrected chi connectivity index (χ0v) is 29.1. The van der Waals surface area contributed by atoms with E-state index in [4.69, 9.17) is 0 Å². The van der Waals surface area contributed by atoms with Gasteiger partial charge in [-0.15, -0.1) is 0 Å². The van der Waals surface area contributed by atoms with Crippen LogP contribution in [0.25, 0.3) is 11.1 Å². The van der Waals surface area contributed by atoms with E-state index in [1.54, 1.807) is 36.5 Å². The van der Waals surface area contributed by atoms with Crippen LogP contribution in [0, 0.1) is 16.7 Å². The van der Waals surface area contributed by atoms with E-state index in [0.29, 0.717) is 60.3 Å². The second-order valence-electron chi connectivity index (χ2n) is 13.9. The van der Waals surface area contributed by atoms with E-state index in [1.165, 1.54) is 4.57 Å². The summed E-state index contributed by atoms with van der Waals surface area (Å²) in [5, 5.41) is 12.8. The maximum absolute atomic E-state index is 13.8. The van der Waals surface area contributed by atoms with Gasteiger partial charge in [0.15, 0.2) is 6.29 Å². The fourth-order valence-electron chi connectivity index (χ4n) is 7.94. The molecule has 1 saturated heterocycles. The molecule has 1 amide bonds. The molecule has 0 bridgehead atoms. The minimum absolute atomic E-state index is 0.234. The molecule has 4 aromatic rings. The van der Waals surface area contributed by atoms with Crippen LogP contribution in [0.15, 0.2) is 53.7 Å². The Balaban J connectivity index is 1.12. The van der Waals surface area contributed by atoms with Crippen molar-refractivity contribution in [2.24, 2.45) is 12.5 Å². The van der Waals surface area contributed by atoms with Crippen molar-refractivity contribution >= 4 is 35.2 Å². The third-order valence-corrected chi connectivity index (χ3v) is 10.7. The normalized spacial score (nSPS) is 19.0. The Morgan fingerprint density at radius 2 is 1.80 bits per heavy atom. The first kappa shape index (κ1) is 33.2. The third-order valence-electron chi connectivity index (χ3n) is 10.7. The molecule has 258 valence electrons. The van der Waals surface area contributed by atoms with E-state index >= 15 is 0 Å². The number of rotatable bonds is 9. The molecule has 0 radical (unpaired) electrons. The third kappa shape index (κ3) is 5.85. The highest BCUT2D eigenvalue weighted by Gasteiger charge is 2.40. The maximum Gasteiger partial charge on any atom is 0.276 e. The number of hydrogen-bond donors (Lipinski definition) is 1. The number of aldehydes is 1. The summed E-state index contributed by atoms with van der Waals surface area (Å²) in [6.07, 6.45) is 9.37. The molecule has 1 atom stereocenters. The minimum Gasteiger partial charge on any atom is -0.368 e. The van der Waals surface area contributed by atoms with Crippen molar-refractivity contribution in [3.05, 3.63) is 81.8 Å². The van der Waals surface area contributed by atoms with Gasteiger partial charge in [-0.2, -0.15) is 5.26 Å². The van der Waals surface area contributed by atoms with Gasteiger partial charge >= 0.3 is 0 Å². The van der Waals surface area contributed by atoms with Crippen molar-refractivity contribution in [2.45, 2.75) is 59.0 Å². The molecule has 12 heteroatoms. The van der Waals surface area contributed by atoms with E-state index < -0.39 is 5.41 Å². The standard InChI is InChI=1S/C38H43N9O3/c1-5-27(6-2)44-11-13-45(14-12-44)28-7-8-34(41-21-28)42-31-17-26(22-43(4)36(31)49)29-9-10-40-35(30(29)23-48)47-16-15-46-32(37(47)50)18-25-19-38(3,24-39)20-33(25)46/h7-10,17-18,21-23,27H,5-6,11-16,19-20H2,1-4H3,(H,41,42). The quantitative estimate of drug-likeness (QED) is 0.249. The Bertz CT molecular complexity index is 2050. The number of hydrogen-bond acceptors (Lipinski definition) is 9. The molecular formula is C38H43N9O3. The van der Waals surface area contributed by atoms with Crippen LogP contribution in [-0.2, 0) is 26.4 Å². The van der Waals surface area contributed by atoms with Gasteiger partial charge in [-0.25, -0.2) is 9.97 Å². The summed E-state index contributed by atoms with van der Waals surface area (Å²) in [5.74, 6) is 0.578. The van der Waals surface area contributed by atoms with Crippen LogP contribution < -0.4 is 20.7 Å². The lowest BCUT2D eigenvalue weighted by molar-refractivity contribution is 0.0963. The number of nitrogens with one attached hydrogen (secondary N) is 1. The molecule has 0 aromatic carbocycles. The average Bonchev–Trinajstić information content (AvgIpc) is 3.65. The smallest absolute Gasteiger partial charge is 0.276 e. The van der Waals surface area contributed by atoms with E-state index in [-0.39, 0.29) is 22.8 Å². The lowest BCUT2D eigenvalue weighted by Gasteiger charge is -2.39. The van der Waals surface area contributed by atoms with Gasteiger partial charge in [0.05, 0.1) is 28.9 Å². The van der Waals surface area contributed by atoms with Gasteiger partial charge in [0.25, 0.3) is 11.5 Å². The fraction of sp³-hybridized carbons (Fsp3) is 0.421. The number of aryl methyl sites for hydroxylation is 1. The number of pyridine rings is 3. The average molecular weight is 674 g/mol. The molecule has 0 spiro atoms. The van der Waals surface area contributed by atoms with Crippen molar-refractivity contribution in [2.75, 3.05) is 47.8 Å². The molecule has 1 fully saturated rings. The van der Waals surface area contributed by atoms with E-state index in [1.807, 2.05) is 35.9 Å². The summed E-state index contributed by atoms with van der Waals surface area (Å²) in [6, 6.07) is 12.3. The maximum atomic E-state index is 13.8. The van der Waals surface area contributed by atoms with Crippen LogP contribution in [0.3, 0.4) is 0 Å². The van der Waals surface area contributed by atoms with Gasteiger partial charge < -0.3 is 19.4 Å². The predicted molar refractivity (Wildman–Crippen MR) is 193 cm³/mol. The Hall–Kier alpha value is -5.28.